The Morgan fingerprint density at radius 1 is 1.50 bits per heavy atom. The lowest BCUT2D eigenvalue weighted by Crippen LogP contribution is -2.28. The first kappa shape index (κ1) is 10.6. The molecule has 0 radical (unpaired) electrons. The van der Waals surface area contributed by atoms with Gasteiger partial charge in [-0.05, 0) is 38.1 Å². The Bertz CT molecular complexity index is 326. The van der Waals surface area contributed by atoms with Crippen molar-refractivity contribution in [1.82, 2.24) is 20.2 Å². The minimum absolute atomic E-state index is 0.138. The number of ether oxygens (including phenoxy) is 1. The van der Waals surface area contributed by atoms with E-state index in [-0.39, 0.29) is 11.4 Å². The van der Waals surface area contributed by atoms with Gasteiger partial charge in [0.25, 0.3) is 5.82 Å². The highest BCUT2D eigenvalue weighted by molar-refractivity contribution is 5.85. The van der Waals surface area contributed by atoms with Gasteiger partial charge in [0, 0.05) is 0 Å². The van der Waals surface area contributed by atoms with Gasteiger partial charge in [-0.3, -0.25) is 0 Å². The average Bonchev–Trinajstić information content (AvgIpc) is 2.50. The maximum absolute atomic E-state index is 11.4. The van der Waals surface area contributed by atoms with Crippen LogP contribution in [-0.4, -0.2) is 32.8 Å². The maximum atomic E-state index is 11.4. The SMILES string of the molecule is CCOC(=O)c1nnnn1C(C)(C)C. The molecule has 6 heteroatoms. The number of hydrogen-bond donors (Lipinski definition) is 0. The molecule has 0 aromatic carbocycles. The molecule has 1 heterocycles. The highest BCUT2D eigenvalue weighted by Crippen LogP contribution is 2.13. The molecule has 6 nitrogen and oxygen atoms in total. The molecule has 0 fully saturated rings. The largest absolute Gasteiger partial charge is 0.460 e. The fourth-order valence-corrected chi connectivity index (χ4v) is 0.962. The molecule has 0 aliphatic carbocycles. The van der Waals surface area contributed by atoms with Gasteiger partial charge in [-0.2, -0.15) is 0 Å². The van der Waals surface area contributed by atoms with Crippen LogP contribution in [0.3, 0.4) is 0 Å². The first-order valence-electron chi connectivity index (χ1n) is 4.42. The molecule has 0 aliphatic heterocycles. The molecule has 1 aromatic heterocycles. The molecular weight excluding hydrogens is 184 g/mol. The van der Waals surface area contributed by atoms with Crippen molar-refractivity contribution in [3.63, 3.8) is 0 Å². The average molecular weight is 198 g/mol. The van der Waals surface area contributed by atoms with Gasteiger partial charge in [0.1, 0.15) is 0 Å². The summed E-state index contributed by atoms with van der Waals surface area (Å²) >= 11 is 0. The zero-order valence-corrected chi connectivity index (χ0v) is 8.81. The van der Waals surface area contributed by atoms with E-state index in [0.29, 0.717) is 6.61 Å². The number of hydrogen-bond acceptors (Lipinski definition) is 5. The van der Waals surface area contributed by atoms with Gasteiger partial charge in [0.05, 0.1) is 12.1 Å². The molecule has 0 bridgehead atoms. The van der Waals surface area contributed by atoms with E-state index < -0.39 is 5.97 Å². The monoisotopic (exact) mass is 198 g/mol. The quantitative estimate of drug-likeness (QED) is 0.651. The van der Waals surface area contributed by atoms with E-state index >= 15 is 0 Å². The summed E-state index contributed by atoms with van der Waals surface area (Å²) in [6, 6.07) is 0. The molecule has 0 saturated carbocycles. The van der Waals surface area contributed by atoms with E-state index in [0.717, 1.165) is 0 Å². The number of nitrogens with zero attached hydrogens (tertiary/aromatic N) is 4. The van der Waals surface area contributed by atoms with Crippen LogP contribution in [0.25, 0.3) is 0 Å². The topological polar surface area (TPSA) is 69.9 Å². The Hall–Kier alpha value is -1.46. The lowest BCUT2D eigenvalue weighted by atomic mass is 10.1. The van der Waals surface area contributed by atoms with Crippen molar-refractivity contribution in [2.45, 2.75) is 33.2 Å². The van der Waals surface area contributed by atoms with Gasteiger partial charge in [-0.1, -0.05) is 0 Å². The van der Waals surface area contributed by atoms with Crippen LogP contribution in [0.15, 0.2) is 0 Å². The van der Waals surface area contributed by atoms with E-state index in [1.165, 1.54) is 4.68 Å². The second-order valence-corrected chi connectivity index (χ2v) is 3.81. The van der Waals surface area contributed by atoms with E-state index in [2.05, 4.69) is 15.5 Å². The van der Waals surface area contributed by atoms with Crippen LogP contribution in [0.1, 0.15) is 38.3 Å². The van der Waals surface area contributed by atoms with Crippen LogP contribution in [-0.2, 0) is 10.3 Å². The third-order valence-electron chi connectivity index (χ3n) is 1.56. The Kier molecular flexibility index (Phi) is 2.83. The molecule has 0 aliphatic rings. The summed E-state index contributed by atoms with van der Waals surface area (Å²) in [5.41, 5.74) is -0.328. The van der Waals surface area contributed by atoms with Gasteiger partial charge in [0.2, 0.25) is 0 Å². The van der Waals surface area contributed by atoms with Crippen molar-refractivity contribution in [1.29, 1.82) is 0 Å². The van der Waals surface area contributed by atoms with Crippen molar-refractivity contribution >= 4 is 5.97 Å². The highest BCUT2D eigenvalue weighted by atomic mass is 16.5. The number of tetrazole rings is 1. The predicted molar refractivity (Wildman–Crippen MR) is 48.8 cm³/mol. The number of esters is 1. The van der Waals surface area contributed by atoms with Crippen LogP contribution < -0.4 is 0 Å². The molecule has 0 atom stereocenters. The van der Waals surface area contributed by atoms with Crippen molar-refractivity contribution in [3.05, 3.63) is 5.82 Å². The van der Waals surface area contributed by atoms with Crippen molar-refractivity contribution in [3.8, 4) is 0 Å². The van der Waals surface area contributed by atoms with Crippen LogP contribution in [0.2, 0.25) is 0 Å². The number of rotatable bonds is 2. The zero-order chi connectivity index (χ0) is 10.8. The summed E-state index contributed by atoms with van der Waals surface area (Å²) < 4.78 is 6.27. The fourth-order valence-electron chi connectivity index (χ4n) is 0.962. The molecule has 0 unspecified atom stereocenters. The smallest absolute Gasteiger partial charge is 0.378 e. The van der Waals surface area contributed by atoms with Gasteiger partial charge in [0.15, 0.2) is 0 Å². The molecule has 1 rings (SSSR count). The Balaban J connectivity index is 2.99. The Morgan fingerprint density at radius 2 is 2.14 bits per heavy atom. The predicted octanol–water partition coefficient (Wildman–Crippen LogP) is 0.605. The van der Waals surface area contributed by atoms with Gasteiger partial charge >= 0.3 is 5.97 Å². The summed E-state index contributed by atoms with van der Waals surface area (Å²) in [5, 5.41) is 10.8. The van der Waals surface area contributed by atoms with Gasteiger partial charge in [-0.15, -0.1) is 5.10 Å². The van der Waals surface area contributed by atoms with Gasteiger partial charge < -0.3 is 4.74 Å². The van der Waals surface area contributed by atoms with Gasteiger partial charge in [-0.25, -0.2) is 9.48 Å². The molecule has 0 N–H and O–H groups in total. The molecule has 0 amide bonds. The summed E-state index contributed by atoms with van der Waals surface area (Å²) in [5.74, 6) is -0.355. The summed E-state index contributed by atoms with van der Waals surface area (Å²) in [6.07, 6.45) is 0. The van der Waals surface area contributed by atoms with E-state index in [4.69, 9.17) is 4.74 Å². The van der Waals surface area contributed by atoms with E-state index in [1.807, 2.05) is 20.8 Å². The van der Waals surface area contributed by atoms with E-state index in [9.17, 15) is 4.79 Å². The highest BCUT2D eigenvalue weighted by Gasteiger charge is 2.24. The normalized spacial score (nSPS) is 11.4. The first-order valence-corrected chi connectivity index (χ1v) is 4.42. The van der Waals surface area contributed by atoms with Crippen LogP contribution in [0.5, 0.6) is 0 Å². The summed E-state index contributed by atoms with van der Waals surface area (Å²) in [6.45, 7) is 7.78. The Labute approximate surface area is 82.2 Å². The minimum Gasteiger partial charge on any atom is -0.460 e. The standard InChI is InChI=1S/C8H14N4O2/c1-5-14-7(13)6-9-10-11-12(6)8(2,3)4/h5H2,1-4H3. The third-order valence-corrected chi connectivity index (χ3v) is 1.56. The summed E-state index contributed by atoms with van der Waals surface area (Å²) in [4.78, 5) is 11.4. The first-order chi connectivity index (χ1) is 6.46. The van der Waals surface area contributed by atoms with E-state index in [1.54, 1.807) is 6.92 Å². The fraction of sp³-hybridized carbons (Fsp3) is 0.750. The second-order valence-electron chi connectivity index (χ2n) is 3.81. The summed E-state index contributed by atoms with van der Waals surface area (Å²) in [7, 11) is 0. The second kappa shape index (κ2) is 3.73. The lowest BCUT2D eigenvalue weighted by molar-refractivity contribution is 0.0495. The number of aromatic nitrogens is 4. The van der Waals surface area contributed by atoms with Crippen molar-refractivity contribution in [2.75, 3.05) is 6.61 Å². The van der Waals surface area contributed by atoms with Crippen molar-refractivity contribution < 1.29 is 9.53 Å². The van der Waals surface area contributed by atoms with Crippen LogP contribution >= 0.6 is 0 Å². The molecule has 78 valence electrons. The molecule has 0 spiro atoms. The van der Waals surface area contributed by atoms with Crippen molar-refractivity contribution in [2.24, 2.45) is 0 Å². The maximum Gasteiger partial charge on any atom is 0.378 e. The number of carbonyl (C=O) groups is 1. The minimum atomic E-state index is -0.493. The zero-order valence-electron chi connectivity index (χ0n) is 8.81. The number of carbonyl (C=O) groups excluding carboxylic acids is 1. The lowest BCUT2D eigenvalue weighted by Gasteiger charge is -2.18. The Morgan fingerprint density at radius 3 is 2.64 bits per heavy atom. The van der Waals surface area contributed by atoms with Crippen LogP contribution in [0, 0.1) is 0 Å². The third kappa shape index (κ3) is 2.07. The molecular formula is C8H14N4O2. The van der Waals surface area contributed by atoms with Crippen LogP contribution in [0.4, 0.5) is 0 Å². The molecule has 0 saturated heterocycles. The molecule has 14 heavy (non-hydrogen) atoms. The molecule has 1 aromatic rings.